The summed E-state index contributed by atoms with van der Waals surface area (Å²) in [6.07, 6.45) is 1.48. The molecule has 0 radical (unpaired) electrons. The van der Waals surface area contributed by atoms with Gasteiger partial charge in [0.15, 0.2) is 11.8 Å². The average Bonchev–Trinajstić information content (AvgIpc) is 3.11. The van der Waals surface area contributed by atoms with Gasteiger partial charge in [-0.3, -0.25) is 9.79 Å². The van der Waals surface area contributed by atoms with Crippen molar-refractivity contribution >= 4 is 11.9 Å². The maximum atomic E-state index is 11.7. The van der Waals surface area contributed by atoms with Gasteiger partial charge >= 0.3 is 0 Å². The summed E-state index contributed by atoms with van der Waals surface area (Å²) in [5.41, 5.74) is 0. The summed E-state index contributed by atoms with van der Waals surface area (Å²) in [6.45, 7) is 5.60. The Hall–Kier alpha value is -2.12. The summed E-state index contributed by atoms with van der Waals surface area (Å²) >= 11 is 0. The van der Waals surface area contributed by atoms with Gasteiger partial charge in [0, 0.05) is 39.5 Å². The molecule has 2 N–H and O–H groups in total. The number of hydrogen-bond acceptors (Lipinski definition) is 5. The fourth-order valence-electron chi connectivity index (χ4n) is 2.29. The molecule has 8 heteroatoms. The number of nitrogens with zero attached hydrogens (tertiary/aromatic N) is 4. The van der Waals surface area contributed by atoms with Crippen LogP contribution in [0.4, 0.5) is 0 Å². The molecule has 1 amide bonds. The standard InChI is InChI=1S/C13H22N6O2/c1-4-12(20)19-6-5-10(8-19)17-13(14-3)15-7-11-16-9(2)21-18-11/h10H,4-8H2,1-3H3,(H2,14,15,17). The number of aromatic nitrogens is 2. The van der Waals surface area contributed by atoms with Gasteiger partial charge in [-0.25, -0.2) is 0 Å². The first-order valence-corrected chi connectivity index (χ1v) is 7.16. The molecular formula is C13H22N6O2. The average molecular weight is 294 g/mol. The van der Waals surface area contributed by atoms with Crippen molar-refractivity contribution in [2.45, 2.75) is 39.3 Å². The Bertz CT molecular complexity index is 513. The largest absolute Gasteiger partial charge is 0.352 e. The number of aliphatic imine (C=N–C) groups is 1. The van der Waals surface area contributed by atoms with Crippen LogP contribution in [0.5, 0.6) is 0 Å². The van der Waals surface area contributed by atoms with Crippen LogP contribution in [0.2, 0.25) is 0 Å². The number of carbonyl (C=O) groups is 1. The summed E-state index contributed by atoms with van der Waals surface area (Å²) in [5, 5.41) is 10.3. The summed E-state index contributed by atoms with van der Waals surface area (Å²) in [4.78, 5) is 21.8. The van der Waals surface area contributed by atoms with Crippen molar-refractivity contribution in [2.75, 3.05) is 20.1 Å². The van der Waals surface area contributed by atoms with Gasteiger partial charge in [0.2, 0.25) is 11.8 Å². The molecule has 1 saturated heterocycles. The molecule has 1 aliphatic rings. The van der Waals surface area contributed by atoms with E-state index in [4.69, 9.17) is 4.52 Å². The first-order chi connectivity index (χ1) is 10.1. The highest BCUT2D eigenvalue weighted by Gasteiger charge is 2.25. The Labute approximate surface area is 124 Å². The molecule has 1 aliphatic heterocycles. The van der Waals surface area contributed by atoms with E-state index in [1.165, 1.54) is 0 Å². The third-order valence-electron chi connectivity index (χ3n) is 3.39. The van der Waals surface area contributed by atoms with Crippen LogP contribution in [0.1, 0.15) is 31.5 Å². The molecule has 116 valence electrons. The lowest BCUT2D eigenvalue weighted by Gasteiger charge is -2.18. The second-order valence-corrected chi connectivity index (χ2v) is 4.98. The molecule has 1 unspecified atom stereocenters. The molecule has 0 aliphatic carbocycles. The molecule has 1 aromatic rings. The van der Waals surface area contributed by atoms with Crippen molar-refractivity contribution in [2.24, 2.45) is 4.99 Å². The van der Waals surface area contributed by atoms with Crippen molar-refractivity contribution in [1.82, 2.24) is 25.7 Å². The SMILES string of the molecule is CCC(=O)N1CCC(NC(=NC)NCc2noc(C)n2)C1. The molecular weight excluding hydrogens is 272 g/mol. The van der Waals surface area contributed by atoms with Crippen LogP contribution in [0.3, 0.4) is 0 Å². The van der Waals surface area contributed by atoms with Crippen LogP contribution in [0.25, 0.3) is 0 Å². The third kappa shape index (κ3) is 4.17. The summed E-state index contributed by atoms with van der Waals surface area (Å²) < 4.78 is 4.91. The van der Waals surface area contributed by atoms with Crippen LogP contribution in [-0.4, -0.2) is 53.1 Å². The monoisotopic (exact) mass is 294 g/mol. The molecule has 0 spiro atoms. The predicted octanol–water partition coefficient (Wildman–Crippen LogP) is 0.0539. The first kappa shape index (κ1) is 15.3. The van der Waals surface area contributed by atoms with Gasteiger partial charge in [0.05, 0.1) is 6.54 Å². The number of nitrogens with one attached hydrogen (secondary N) is 2. The number of likely N-dealkylation sites (tertiary alicyclic amines) is 1. The number of rotatable bonds is 4. The number of amides is 1. The highest BCUT2D eigenvalue weighted by Crippen LogP contribution is 2.10. The first-order valence-electron chi connectivity index (χ1n) is 7.16. The van der Waals surface area contributed by atoms with E-state index in [0.29, 0.717) is 37.2 Å². The smallest absolute Gasteiger partial charge is 0.223 e. The zero-order valence-electron chi connectivity index (χ0n) is 12.7. The van der Waals surface area contributed by atoms with Crippen molar-refractivity contribution in [3.63, 3.8) is 0 Å². The Kier molecular flexibility index (Phi) is 5.13. The van der Waals surface area contributed by atoms with Crippen molar-refractivity contribution < 1.29 is 9.32 Å². The normalized spacial score (nSPS) is 18.9. The fourth-order valence-corrected chi connectivity index (χ4v) is 2.29. The number of carbonyl (C=O) groups excluding carboxylic acids is 1. The lowest BCUT2D eigenvalue weighted by atomic mass is 10.3. The van der Waals surface area contributed by atoms with E-state index >= 15 is 0 Å². The zero-order chi connectivity index (χ0) is 15.2. The van der Waals surface area contributed by atoms with Gasteiger partial charge in [-0.05, 0) is 6.42 Å². The van der Waals surface area contributed by atoms with E-state index < -0.39 is 0 Å². The van der Waals surface area contributed by atoms with E-state index in [1.54, 1.807) is 14.0 Å². The van der Waals surface area contributed by atoms with E-state index in [9.17, 15) is 4.79 Å². The maximum absolute atomic E-state index is 11.7. The van der Waals surface area contributed by atoms with Crippen LogP contribution in [-0.2, 0) is 11.3 Å². The quantitative estimate of drug-likeness (QED) is 0.602. The van der Waals surface area contributed by atoms with E-state index in [2.05, 4.69) is 25.8 Å². The van der Waals surface area contributed by atoms with Crippen LogP contribution >= 0.6 is 0 Å². The van der Waals surface area contributed by atoms with Crippen molar-refractivity contribution in [3.05, 3.63) is 11.7 Å². The third-order valence-corrected chi connectivity index (χ3v) is 3.39. The van der Waals surface area contributed by atoms with Gasteiger partial charge in [-0.1, -0.05) is 12.1 Å². The molecule has 2 rings (SSSR count). The van der Waals surface area contributed by atoms with Crippen LogP contribution < -0.4 is 10.6 Å². The number of aryl methyl sites for hydroxylation is 1. The molecule has 2 heterocycles. The molecule has 21 heavy (non-hydrogen) atoms. The van der Waals surface area contributed by atoms with Gasteiger partial charge in [-0.2, -0.15) is 4.98 Å². The second kappa shape index (κ2) is 7.05. The minimum absolute atomic E-state index is 0.199. The summed E-state index contributed by atoms with van der Waals surface area (Å²) in [7, 11) is 1.71. The van der Waals surface area contributed by atoms with Crippen LogP contribution in [0.15, 0.2) is 9.52 Å². The second-order valence-electron chi connectivity index (χ2n) is 4.98. The predicted molar refractivity (Wildman–Crippen MR) is 77.6 cm³/mol. The van der Waals surface area contributed by atoms with Gasteiger partial charge in [0.1, 0.15) is 0 Å². The molecule has 1 atom stereocenters. The molecule has 0 saturated carbocycles. The van der Waals surface area contributed by atoms with Crippen molar-refractivity contribution in [1.29, 1.82) is 0 Å². The highest BCUT2D eigenvalue weighted by atomic mass is 16.5. The minimum Gasteiger partial charge on any atom is -0.352 e. The van der Waals surface area contributed by atoms with E-state index in [0.717, 1.165) is 13.0 Å². The van der Waals surface area contributed by atoms with Crippen molar-refractivity contribution in [3.8, 4) is 0 Å². The Balaban J connectivity index is 1.79. The fraction of sp³-hybridized carbons (Fsp3) is 0.692. The van der Waals surface area contributed by atoms with Gasteiger partial charge < -0.3 is 20.1 Å². The molecule has 8 nitrogen and oxygen atoms in total. The molecule has 1 fully saturated rings. The topological polar surface area (TPSA) is 95.7 Å². The number of guanidine groups is 1. The van der Waals surface area contributed by atoms with E-state index in [-0.39, 0.29) is 11.9 Å². The highest BCUT2D eigenvalue weighted by molar-refractivity contribution is 5.80. The Morgan fingerprint density at radius 1 is 1.57 bits per heavy atom. The minimum atomic E-state index is 0.199. The van der Waals surface area contributed by atoms with Crippen LogP contribution in [0, 0.1) is 6.92 Å². The maximum Gasteiger partial charge on any atom is 0.223 e. The molecule has 0 bridgehead atoms. The van der Waals surface area contributed by atoms with E-state index in [1.807, 2.05) is 11.8 Å². The lowest BCUT2D eigenvalue weighted by Crippen LogP contribution is -2.44. The zero-order valence-corrected chi connectivity index (χ0v) is 12.7. The van der Waals surface area contributed by atoms with Gasteiger partial charge in [0.25, 0.3) is 0 Å². The lowest BCUT2D eigenvalue weighted by molar-refractivity contribution is -0.129. The van der Waals surface area contributed by atoms with Gasteiger partial charge in [-0.15, -0.1) is 0 Å². The Morgan fingerprint density at radius 2 is 2.38 bits per heavy atom. The Morgan fingerprint density at radius 3 is 3.00 bits per heavy atom. The molecule has 0 aromatic carbocycles. The number of hydrogen-bond donors (Lipinski definition) is 2. The summed E-state index contributed by atoms with van der Waals surface area (Å²) in [5.74, 6) is 2.00. The molecule has 1 aromatic heterocycles. The summed E-state index contributed by atoms with van der Waals surface area (Å²) in [6, 6.07) is 0.221.